The summed E-state index contributed by atoms with van der Waals surface area (Å²) in [6.45, 7) is 5.46. The molecule has 40 heavy (non-hydrogen) atoms. The van der Waals surface area contributed by atoms with E-state index in [1.54, 1.807) is 19.2 Å². The number of halogens is 2. The van der Waals surface area contributed by atoms with E-state index in [9.17, 15) is 8.78 Å². The third kappa shape index (κ3) is 5.69. The summed E-state index contributed by atoms with van der Waals surface area (Å²) in [5, 5.41) is 4.92. The minimum absolute atomic E-state index is 0.233. The fourth-order valence-corrected chi connectivity index (χ4v) is 6.55. The van der Waals surface area contributed by atoms with E-state index >= 15 is 0 Å². The van der Waals surface area contributed by atoms with Crippen LogP contribution < -0.4 is 19.7 Å². The highest BCUT2D eigenvalue weighted by molar-refractivity contribution is 5.96. The van der Waals surface area contributed by atoms with Gasteiger partial charge in [0.2, 0.25) is 0 Å². The van der Waals surface area contributed by atoms with Gasteiger partial charge in [0.25, 0.3) is 0 Å². The summed E-state index contributed by atoms with van der Waals surface area (Å²) >= 11 is 0. The second kappa shape index (κ2) is 12.2. The van der Waals surface area contributed by atoms with Gasteiger partial charge in [-0.3, -0.25) is 4.98 Å². The van der Waals surface area contributed by atoms with Gasteiger partial charge < -0.3 is 24.6 Å². The van der Waals surface area contributed by atoms with Crippen LogP contribution in [-0.4, -0.2) is 62.4 Å². The highest BCUT2D eigenvalue weighted by Crippen LogP contribution is 2.40. The van der Waals surface area contributed by atoms with E-state index in [0.29, 0.717) is 25.4 Å². The molecular formula is C32H40F2N4O2. The van der Waals surface area contributed by atoms with Crippen LogP contribution in [0.15, 0.2) is 30.3 Å². The number of likely N-dealkylation sites (tertiary alicyclic amines) is 1. The summed E-state index contributed by atoms with van der Waals surface area (Å²) in [7, 11) is 1.69. The molecule has 214 valence electrons. The fourth-order valence-electron chi connectivity index (χ4n) is 6.55. The van der Waals surface area contributed by atoms with Crippen LogP contribution in [0, 0.1) is 11.6 Å². The molecule has 1 aromatic heterocycles. The summed E-state index contributed by atoms with van der Waals surface area (Å²) in [6, 6.07) is 8.76. The molecule has 0 amide bonds. The predicted octanol–water partition coefficient (Wildman–Crippen LogP) is 6.35. The standard InChI is InChI=1S/C32H40F2N4O2/c1-39-29-20-24-27(21-30(29)40-19-7-16-37-14-4-5-15-37)36-26-10-3-2-8-23(26)32(24)35-22-12-17-38(18-13-22)28-11-6-9-25(33)31(28)34/h6,9,11,20-22H,2-5,7-8,10,12-19H2,1H3,(H,35,36). The van der Waals surface area contributed by atoms with Crippen LogP contribution in [0.2, 0.25) is 0 Å². The number of methoxy groups -OCH3 is 1. The number of nitrogens with one attached hydrogen (secondary N) is 1. The number of aromatic nitrogens is 1. The van der Waals surface area contributed by atoms with Crippen LogP contribution in [0.3, 0.4) is 0 Å². The minimum Gasteiger partial charge on any atom is -0.493 e. The van der Waals surface area contributed by atoms with Gasteiger partial charge in [0.15, 0.2) is 23.1 Å². The molecule has 1 N–H and O–H groups in total. The Hall–Kier alpha value is -3.13. The lowest BCUT2D eigenvalue weighted by atomic mass is 9.91. The Morgan fingerprint density at radius 2 is 1.77 bits per heavy atom. The van der Waals surface area contributed by atoms with Crippen LogP contribution in [0.4, 0.5) is 20.2 Å². The van der Waals surface area contributed by atoms with Crippen molar-refractivity contribution in [3.05, 3.63) is 53.2 Å². The molecule has 3 aliphatic rings. The molecule has 0 radical (unpaired) electrons. The number of fused-ring (bicyclic) bond motifs is 2. The van der Waals surface area contributed by atoms with Crippen molar-refractivity contribution in [3.8, 4) is 11.5 Å². The summed E-state index contributed by atoms with van der Waals surface area (Å²) in [6.07, 6.45) is 9.56. The first-order valence-corrected chi connectivity index (χ1v) is 14.9. The highest BCUT2D eigenvalue weighted by Gasteiger charge is 2.26. The zero-order valence-corrected chi connectivity index (χ0v) is 23.5. The Morgan fingerprint density at radius 1 is 0.975 bits per heavy atom. The van der Waals surface area contributed by atoms with E-state index in [4.69, 9.17) is 14.5 Å². The molecule has 2 aromatic carbocycles. The quantitative estimate of drug-likeness (QED) is 0.314. The van der Waals surface area contributed by atoms with Crippen LogP contribution in [0.1, 0.15) is 56.2 Å². The van der Waals surface area contributed by atoms with Gasteiger partial charge in [-0.2, -0.15) is 0 Å². The number of nitrogens with zero attached hydrogens (tertiary/aromatic N) is 3. The normalized spacial score (nSPS) is 18.2. The van der Waals surface area contributed by atoms with Crippen molar-refractivity contribution in [1.29, 1.82) is 0 Å². The number of aryl methyl sites for hydroxylation is 1. The number of benzene rings is 2. The summed E-state index contributed by atoms with van der Waals surface area (Å²) in [5.41, 5.74) is 4.90. The molecular weight excluding hydrogens is 510 g/mol. The van der Waals surface area contributed by atoms with Gasteiger partial charge in [0.1, 0.15) is 0 Å². The van der Waals surface area contributed by atoms with E-state index in [2.05, 4.69) is 16.3 Å². The lowest BCUT2D eigenvalue weighted by Crippen LogP contribution is -2.39. The van der Waals surface area contributed by atoms with Crippen molar-refractivity contribution >= 4 is 22.3 Å². The molecule has 0 spiro atoms. The molecule has 3 aromatic rings. The van der Waals surface area contributed by atoms with Crippen molar-refractivity contribution in [2.75, 3.05) is 56.7 Å². The first-order chi connectivity index (χ1) is 19.6. The van der Waals surface area contributed by atoms with Crippen LogP contribution in [0.25, 0.3) is 10.9 Å². The summed E-state index contributed by atoms with van der Waals surface area (Å²) in [4.78, 5) is 9.55. The third-order valence-corrected chi connectivity index (χ3v) is 8.74. The number of pyridine rings is 1. The average Bonchev–Trinajstić information content (AvgIpc) is 3.50. The third-order valence-electron chi connectivity index (χ3n) is 8.74. The lowest BCUT2D eigenvalue weighted by Gasteiger charge is -2.35. The summed E-state index contributed by atoms with van der Waals surface area (Å²) < 4.78 is 40.2. The van der Waals surface area contributed by atoms with E-state index in [1.807, 2.05) is 11.0 Å². The minimum atomic E-state index is -0.795. The number of anilines is 2. The molecule has 0 bridgehead atoms. The Kier molecular flexibility index (Phi) is 8.23. The average molecular weight is 551 g/mol. The first-order valence-electron chi connectivity index (χ1n) is 14.9. The number of ether oxygens (including phenoxy) is 2. The first kappa shape index (κ1) is 27.1. The largest absolute Gasteiger partial charge is 0.493 e. The van der Waals surface area contributed by atoms with E-state index in [0.717, 1.165) is 79.6 Å². The van der Waals surface area contributed by atoms with Gasteiger partial charge in [-0.15, -0.1) is 0 Å². The van der Waals surface area contributed by atoms with Gasteiger partial charge in [-0.1, -0.05) is 6.07 Å². The molecule has 1 aliphatic carbocycles. The molecule has 0 atom stereocenters. The van der Waals surface area contributed by atoms with E-state index in [1.165, 1.54) is 43.3 Å². The molecule has 2 fully saturated rings. The van der Waals surface area contributed by atoms with Gasteiger partial charge >= 0.3 is 0 Å². The number of hydrogen-bond donors (Lipinski definition) is 1. The zero-order valence-electron chi connectivity index (χ0n) is 23.5. The molecule has 2 aliphatic heterocycles. The van der Waals surface area contributed by atoms with Crippen LogP contribution >= 0.6 is 0 Å². The van der Waals surface area contributed by atoms with Crippen molar-refractivity contribution in [2.45, 2.75) is 63.8 Å². The SMILES string of the molecule is COc1cc2c(NC3CCN(c4cccc(F)c4F)CC3)c3c(nc2cc1OCCCN1CCCC1)CCCC3. The number of hydrogen-bond acceptors (Lipinski definition) is 6. The van der Waals surface area contributed by atoms with E-state index < -0.39 is 11.6 Å². The van der Waals surface area contributed by atoms with Crippen LogP contribution in [0.5, 0.6) is 11.5 Å². The van der Waals surface area contributed by atoms with Crippen molar-refractivity contribution in [2.24, 2.45) is 0 Å². The Labute approximate surface area is 235 Å². The topological polar surface area (TPSA) is 49.9 Å². The second-order valence-electron chi connectivity index (χ2n) is 11.4. The molecule has 3 heterocycles. The Bertz CT molecular complexity index is 1340. The van der Waals surface area contributed by atoms with Gasteiger partial charge in [-0.25, -0.2) is 8.78 Å². The smallest absolute Gasteiger partial charge is 0.182 e. The molecule has 0 saturated carbocycles. The van der Waals surface area contributed by atoms with Crippen molar-refractivity contribution in [1.82, 2.24) is 9.88 Å². The maximum absolute atomic E-state index is 14.4. The Balaban J connectivity index is 1.21. The fraction of sp³-hybridized carbons (Fsp3) is 0.531. The van der Waals surface area contributed by atoms with E-state index in [-0.39, 0.29) is 6.04 Å². The Morgan fingerprint density at radius 3 is 2.58 bits per heavy atom. The molecule has 0 unspecified atom stereocenters. The molecule has 8 heteroatoms. The van der Waals surface area contributed by atoms with Gasteiger partial charge in [0.05, 0.1) is 24.9 Å². The molecule has 6 nitrogen and oxygen atoms in total. The monoisotopic (exact) mass is 550 g/mol. The maximum Gasteiger partial charge on any atom is 0.182 e. The predicted molar refractivity (Wildman–Crippen MR) is 156 cm³/mol. The highest BCUT2D eigenvalue weighted by atomic mass is 19.2. The number of piperidine rings is 1. The van der Waals surface area contributed by atoms with Crippen molar-refractivity contribution < 1.29 is 18.3 Å². The second-order valence-corrected chi connectivity index (χ2v) is 11.4. The lowest BCUT2D eigenvalue weighted by molar-refractivity contribution is 0.254. The van der Waals surface area contributed by atoms with Crippen molar-refractivity contribution in [3.63, 3.8) is 0 Å². The van der Waals surface area contributed by atoms with Crippen LogP contribution in [-0.2, 0) is 12.8 Å². The maximum atomic E-state index is 14.4. The number of rotatable bonds is 9. The zero-order chi connectivity index (χ0) is 27.5. The molecule has 2 saturated heterocycles. The van der Waals surface area contributed by atoms with Gasteiger partial charge in [-0.05, 0) is 94.6 Å². The van der Waals surface area contributed by atoms with Gasteiger partial charge in [0, 0.05) is 48.5 Å². The summed E-state index contributed by atoms with van der Waals surface area (Å²) in [5.74, 6) is -0.0810. The molecule has 6 rings (SSSR count).